The summed E-state index contributed by atoms with van der Waals surface area (Å²) in [6.07, 6.45) is 7.44. The maximum absolute atomic E-state index is 4.23. The van der Waals surface area contributed by atoms with Gasteiger partial charge in [-0.05, 0) is 18.8 Å². The van der Waals surface area contributed by atoms with Gasteiger partial charge in [-0.15, -0.1) is 0 Å². The van der Waals surface area contributed by atoms with Crippen molar-refractivity contribution in [2.75, 3.05) is 6.54 Å². The molecule has 2 nitrogen and oxygen atoms in total. The van der Waals surface area contributed by atoms with Gasteiger partial charge in [-0.1, -0.05) is 12.8 Å². The van der Waals surface area contributed by atoms with Crippen LogP contribution in [0.2, 0.25) is 0 Å². The van der Waals surface area contributed by atoms with Crippen molar-refractivity contribution in [2.24, 2.45) is 10.9 Å². The molecular weight excluding hydrogens is 124 g/mol. The molecule has 0 aromatic carbocycles. The van der Waals surface area contributed by atoms with E-state index in [1.54, 1.807) is 0 Å². The summed E-state index contributed by atoms with van der Waals surface area (Å²) in [4.78, 5) is 4.23. The van der Waals surface area contributed by atoms with Gasteiger partial charge in [0.2, 0.25) is 0 Å². The second-order valence-electron chi connectivity index (χ2n) is 3.31. The van der Waals surface area contributed by atoms with Gasteiger partial charge in [-0.25, -0.2) is 0 Å². The van der Waals surface area contributed by atoms with Crippen molar-refractivity contribution in [2.45, 2.75) is 31.7 Å². The summed E-state index contributed by atoms with van der Waals surface area (Å²) in [5.41, 5.74) is 0. The average molecular weight is 138 g/mol. The van der Waals surface area contributed by atoms with Crippen molar-refractivity contribution in [1.82, 2.24) is 5.32 Å². The lowest BCUT2D eigenvalue weighted by Gasteiger charge is -2.32. The zero-order chi connectivity index (χ0) is 6.81. The van der Waals surface area contributed by atoms with Gasteiger partial charge in [-0.2, -0.15) is 0 Å². The molecule has 56 valence electrons. The Balaban J connectivity index is 2.01. The molecule has 1 aliphatic carbocycles. The molecule has 0 amide bonds. The molecule has 2 heteroatoms. The molecule has 0 aromatic heterocycles. The Bertz CT molecular complexity index is 126. The molecular formula is C8H14N2. The molecule has 1 saturated carbocycles. The maximum atomic E-state index is 4.23. The number of aliphatic imine (C=N–C) groups is 1. The van der Waals surface area contributed by atoms with Crippen LogP contribution in [0.4, 0.5) is 0 Å². The minimum Gasteiger partial charge on any atom is -0.373 e. The zero-order valence-corrected chi connectivity index (χ0v) is 6.21. The first-order valence-corrected chi connectivity index (χ1v) is 4.21. The normalized spacial score (nSPS) is 38.4. The van der Waals surface area contributed by atoms with Crippen molar-refractivity contribution in [3.63, 3.8) is 0 Å². The van der Waals surface area contributed by atoms with Gasteiger partial charge in [0, 0.05) is 12.6 Å². The topological polar surface area (TPSA) is 24.4 Å². The first kappa shape index (κ1) is 6.20. The van der Waals surface area contributed by atoms with E-state index in [4.69, 9.17) is 0 Å². The molecule has 1 aliphatic heterocycles. The molecule has 0 spiro atoms. The standard InChI is InChI=1S/C8H14N2/c1-2-4-8-7(3-1)5-9-6-10-8/h6-8H,1-5H2,(H,9,10). The van der Waals surface area contributed by atoms with Crippen LogP contribution in [-0.2, 0) is 0 Å². The van der Waals surface area contributed by atoms with E-state index in [2.05, 4.69) is 10.3 Å². The van der Waals surface area contributed by atoms with E-state index in [1.807, 2.05) is 6.34 Å². The molecule has 1 heterocycles. The quantitative estimate of drug-likeness (QED) is 0.534. The highest BCUT2D eigenvalue weighted by Crippen LogP contribution is 2.25. The summed E-state index contributed by atoms with van der Waals surface area (Å²) in [5, 5.41) is 3.33. The van der Waals surface area contributed by atoms with Crippen molar-refractivity contribution in [3.05, 3.63) is 0 Å². The molecule has 2 rings (SSSR count). The van der Waals surface area contributed by atoms with Gasteiger partial charge in [-0.3, -0.25) is 4.99 Å². The van der Waals surface area contributed by atoms with E-state index in [-0.39, 0.29) is 0 Å². The molecule has 1 N–H and O–H groups in total. The van der Waals surface area contributed by atoms with E-state index >= 15 is 0 Å². The molecule has 0 aromatic rings. The van der Waals surface area contributed by atoms with Crippen LogP contribution in [-0.4, -0.2) is 18.9 Å². The number of hydrogen-bond acceptors (Lipinski definition) is 2. The van der Waals surface area contributed by atoms with E-state index in [0.29, 0.717) is 0 Å². The third-order valence-electron chi connectivity index (χ3n) is 2.63. The molecule has 1 fully saturated rings. The van der Waals surface area contributed by atoms with Crippen LogP contribution in [0, 0.1) is 5.92 Å². The van der Waals surface area contributed by atoms with E-state index < -0.39 is 0 Å². The van der Waals surface area contributed by atoms with Crippen LogP contribution in [0.3, 0.4) is 0 Å². The van der Waals surface area contributed by atoms with Crippen LogP contribution in [0.15, 0.2) is 4.99 Å². The molecule has 2 unspecified atom stereocenters. The Morgan fingerprint density at radius 3 is 3.10 bits per heavy atom. The number of fused-ring (bicyclic) bond motifs is 1. The van der Waals surface area contributed by atoms with E-state index in [0.717, 1.165) is 18.5 Å². The van der Waals surface area contributed by atoms with E-state index in [1.165, 1.54) is 25.7 Å². The summed E-state index contributed by atoms with van der Waals surface area (Å²) in [6, 6.07) is 0.756. The number of rotatable bonds is 0. The van der Waals surface area contributed by atoms with Gasteiger partial charge in [0.05, 0.1) is 6.34 Å². The van der Waals surface area contributed by atoms with Gasteiger partial charge in [0.15, 0.2) is 0 Å². The first-order valence-electron chi connectivity index (χ1n) is 4.21. The predicted octanol–water partition coefficient (Wildman–Crippen LogP) is 1.18. The number of nitrogens with zero attached hydrogens (tertiary/aromatic N) is 1. The molecule has 0 saturated heterocycles. The van der Waals surface area contributed by atoms with Crippen molar-refractivity contribution >= 4 is 6.34 Å². The lowest BCUT2D eigenvalue weighted by Crippen LogP contribution is -2.42. The van der Waals surface area contributed by atoms with Crippen LogP contribution >= 0.6 is 0 Å². The molecule has 10 heavy (non-hydrogen) atoms. The van der Waals surface area contributed by atoms with Crippen LogP contribution in [0.25, 0.3) is 0 Å². The molecule has 2 atom stereocenters. The summed E-state index contributed by atoms with van der Waals surface area (Å²) < 4.78 is 0. The summed E-state index contributed by atoms with van der Waals surface area (Å²) in [7, 11) is 0. The van der Waals surface area contributed by atoms with Crippen LogP contribution in [0.5, 0.6) is 0 Å². The minimum atomic E-state index is 0.756. The zero-order valence-electron chi connectivity index (χ0n) is 6.21. The second-order valence-corrected chi connectivity index (χ2v) is 3.31. The first-order chi connectivity index (χ1) is 4.97. The summed E-state index contributed by atoms with van der Waals surface area (Å²) >= 11 is 0. The maximum Gasteiger partial charge on any atom is 0.0826 e. The highest BCUT2D eigenvalue weighted by molar-refractivity contribution is 5.55. The number of nitrogens with one attached hydrogen (secondary N) is 1. The summed E-state index contributed by atoms with van der Waals surface area (Å²) in [6.45, 7) is 1.07. The van der Waals surface area contributed by atoms with Gasteiger partial charge in [0.1, 0.15) is 0 Å². The van der Waals surface area contributed by atoms with E-state index in [9.17, 15) is 0 Å². The Morgan fingerprint density at radius 1 is 1.30 bits per heavy atom. The lowest BCUT2D eigenvalue weighted by atomic mass is 9.84. The fourth-order valence-corrected chi connectivity index (χ4v) is 1.98. The smallest absolute Gasteiger partial charge is 0.0826 e. The van der Waals surface area contributed by atoms with Gasteiger partial charge < -0.3 is 5.32 Å². The van der Waals surface area contributed by atoms with Crippen LogP contribution < -0.4 is 5.32 Å². The number of hydrogen-bond donors (Lipinski definition) is 1. The second kappa shape index (κ2) is 2.60. The third kappa shape index (κ3) is 1.02. The SMILES string of the molecule is C1=NCC2CCCCC2N1. The minimum absolute atomic E-state index is 0.756. The van der Waals surface area contributed by atoms with Crippen molar-refractivity contribution < 1.29 is 0 Å². The summed E-state index contributed by atoms with van der Waals surface area (Å²) in [5.74, 6) is 0.846. The fraction of sp³-hybridized carbons (Fsp3) is 0.875. The van der Waals surface area contributed by atoms with Crippen molar-refractivity contribution in [1.29, 1.82) is 0 Å². The Labute approximate surface area is 61.7 Å². The highest BCUT2D eigenvalue weighted by atomic mass is 15.0. The fourth-order valence-electron chi connectivity index (χ4n) is 1.98. The Morgan fingerprint density at radius 2 is 2.20 bits per heavy atom. The Kier molecular flexibility index (Phi) is 1.61. The average Bonchev–Trinajstić information content (AvgIpc) is 2.05. The van der Waals surface area contributed by atoms with Crippen molar-refractivity contribution in [3.8, 4) is 0 Å². The molecule has 2 aliphatic rings. The molecule has 0 radical (unpaired) electrons. The third-order valence-corrected chi connectivity index (χ3v) is 2.63. The monoisotopic (exact) mass is 138 g/mol. The van der Waals surface area contributed by atoms with Gasteiger partial charge >= 0.3 is 0 Å². The highest BCUT2D eigenvalue weighted by Gasteiger charge is 2.25. The Hall–Kier alpha value is -0.530. The largest absolute Gasteiger partial charge is 0.373 e. The van der Waals surface area contributed by atoms with Gasteiger partial charge in [0.25, 0.3) is 0 Å². The predicted molar refractivity (Wildman–Crippen MR) is 42.2 cm³/mol. The lowest BCUT2D eigenvalue weighted by molar-refractivity contribution is 0.286. The van der Waals surface area contributed by atoms with Crippen LogP contribution in [0.1, 0.15) is 25.7 Å². The molecule has 0 bridgehead atoms.